The first-order valence-corrected chi connectivity index (χ1v) is 19.3. The Morgan fingerprint density at radius 2 is 1.10 bits per heavy atom. The zero-order chi connectivity index (χ0) is 35.9. The van der Waals surface area contributed by atoms with Crippen molar-refractivity contribution in [2.24, 2.45) is 0 Å². The number of carbonyl (C=O) groups excluding carboxylic acids is 4. The SMILES string of the molecule is CCCCCCCCC[C@@H]1C[C@H](OC(=O)c2ccc(Br)cc2)[C@@H](OC(=O)c2ccc(Br)cc2)/C=C/[C@@H](OC(=O)c2ccc(Br)cc2)CC(=O)O1. The van der Waals surface area contributed by atoms with E-state index in [1.165, 1.54) is 31.4 Å². The summed E-state index contributed by atoms with van der Waals surface area (Å²) >= 11 is 10.1. The van der Waals surface area contributed by atoms with Gasteiger partial charge in [-0.3, -0.25) is 4.79 Å². The van der Waals surface area contributed by atoms with Crippen LogP contribution in [0.3, 0.4) is 0 Å². The normalized spacial score (nSPS) is 19.9. The molecular weight excluding hydrogens is 836 g/mol. The maximum Gasteiger partial charge on any atom is 0.338 e. The monoisotopic (exact) mass is 874 g/mol. The van der Waals surface area contributed by atoms with Gasteiger partial charge in [-0.25, -0.2) is 14.4 Å². The fourth-order valence-corrected chi connectivity index (χ4v) is 6.24. The lowest BCUT2D eigenvalue weighted by molar-refractivity contribution is -0.153. The van der Waals surface area contributed by atoms with Gasteiger partial charge in [-0.05, 0) is 97.8 Å². The van der Waals surface area contributed by atoms with Crippen molar-refractivity contribution in [1.29, 1.82) is 0 Å². The number of ether oxygens (including phenoxy) is 4. The van der Waals surface area contributed by atoms with Crippen molar-refractivity contribution in [2.75, 3.05) is 0 Å². The Balaban J connectivity index is 1.64. The molecule has 0 aliphatic carbocycles. The molecule has 1 aliphatic heterocycles. The number of cyclic esters (lactones) is 1. The standard InChI is InChI=1S/C39H41Br3O8/c1-2-3-4-5-6-7-8-9-32-24-35(50-39(46)28-14-20-31(42)21-15-28)34(49-38(45)27-12-18-30(41)19-13-27)23-22-33(25-36(43)47-32)48-37(44)26-10-16-29(40)17-11-26/h10-23,32-35H,2-9,24-25H2,1H3/b23-22+/t32-,33-,34+,35+/m1/s1. The molecule has 3 aromatic carbocycles. The number of halogens is 3. The summed E-state index contributed by atoms with van der Waals surface area (Å²) in [5, 5.41) is 0. The summed E-state index contributed by atoms with van der Waals surface area (Å²) in [6.07, 6.45) is 7.03. The average molecular weight is 877 g/mol. The van der Waals surface area contributed by atoms with Gasteiger partial charge in [-0.2, -0.15) is 0 Å². The minimum Gasteiger partial charge on any atom is -0.462 e. The molecule has 11 heteroatoms. The number of benzene rings is 3. The molecule has 0 radical (unpaired) electrons. The second-order valence-corrected chi connectivity index (χ2v) is 14.9. The van der Waals surface area contributed by atoms with Crippen LogP contribution in [0, 0.1) is 0 Å². The van der Waals surface area contributed by atoms with Gasteiger partial charge >= 0.3 is 23.9 Å². The van der Waals surface area contributed by atoms with Crippen LogP contribution >= 0.6 is 47.8 Å². The summed E-state index contributed by atoms with van der Waals surface area (Å²) < 4.78 is 26.2. The number of unbranched alkanes of at least 4 members (excludes halogenated alkanes) is 6. The molecule has 0 amide bonds. The Bertz CT molecular complexity index is 1590. The van der Waals surface area contributed by atoms with Crippen molar-refractivity contribution in [3.63, 3.8) is 0 Å². The van der Waals surface area contributed by atoms with Gasteiger partial charge in [0.1, 0.15) is 18.3 Å². The van der Waals surface area contributed by atoms with Gasteiger partial charge in [0.15, 0.2) is 6.10 Å². The van der Waals surface area contributed by atoms with Crippen LogP contribution in [0.25, 0.3) is 0 Å². The van der Waals surface area contributed by atoms with Crippen molar-refractivity contribution in [3.8, 4) is 0 Å². The van der Waals surface area contributed by atoms with Gasteiger partial charge < -0.3 is 18.9 Å². The van der Waals surface area contributed by atoms with Crippen LogP contribution in [0.15, 0.2) is 98.4 Å². The van der Waals surface area contributed by atoms with E-state index in [9.17, 15) is 19.2 Å². The molecule has 0 spiro atoms. The van der Waals surface area contributed by atoms with Crippen LogP contribution in [0.5, 0.6) is 0 Å². The highest BCUT2D eigenvalue weighted by atomic mass is 79.9. The number of carbonyl (C=O) groups is 4. The Morgan fingerprint density at radius 3 is 1.62 bits per heavy atom. The molecule has 4 rings (SSSR count). The number of hydrogen-bond donors (Lipinski definition) is 0. The van der Waals surface area contributed by atoms with E-state index in [2.05, 4.69) is 54.7 Å². The highest BCUT2D eigenvalue weighted by molar-refractivity contribution is 9.11. The fraction of sp³-hybridized carbons (Fsp3) is 0.385. The van der Waals surface area contributed by atoms with Gasteiger partial charge in [0.05, 0.1) is 23.1 Å². The van der Waals surface area contributed by atoms with E-state index in [1.807, 2.05) is 0 Å². The lowest BCUT2D eigenvalue weighted by Gasteiger charge is -2.30. The van der Waals surface area contributed by atoms with Crippen molar-refractivity contribution in [3.05, 3.63) is 115 Å². The molecule has 0 fully saturated rings. The lowest BCUT2D eigenvalue weighted by Crippen LogP contribution is -2.39. The van der Waals surface area contributed by atoms with Gasteiger partial charge in [-0.15, -0.1) is 0 Å². The lowest BCUT2D eigenvalue weighted by atomic mass is 9.98. The summed E-state index contributed by atoms with van der Waals surface area (Å²) in [5.41, 5.74) is 0.888. The highest BCUT2D eigenvalue weighted by Crippen LogP contribution is 2.25. The van der Waals surface area contributed by atoms with Crippen LogP contribution in [0.1, 0.15) is 102 Å². The van der Waals surface area contributed by atoms with Crippen LogP contribution in [0.2, 0.25) is 0 Å². The Labute approximate surface area is 318 Å². The first-order chi connectivity index (χ1) is 24.1. The van der Waals surface area contributed by atoms with Crippen LogP contribution in [0.4, 0.5) is 0 Å². The molecule has 50 heavy (non-hydrogen) atoms. The van der Waals surface area contributed by atoms with Gasteiger partial charge in [-0.1, -0.05) is 93.2 Å². The van der Waals surface area contributed by atoms with Crippen molar-refractivity contribution >= 4 is 71.7 Å². The molecule has 0 bridgehead atoms. The first-order valence-electron chi connectivity index (χ1n) is 16.9. The quantitative estimate of drug-likeness (QED) is 0.0683. The Hall–Kier alpha value is -3.28. The third-order valence-electron chi connectivity index (χ3n) is 8.17. The van der Waals surface area contributed by atoms with Crippen LogP contribution < -0.4 is 0 Å². The third-order valence-corrected chi connectivity index (χ3v) is 9.76. The predicted octanol–water partition coefficient (Wildman–Crippen LogP) is 10.4. The van der Waals surface area contributed by atoms with Crippen LogP contribution in [-0.2, 0) is 23.7 Å². The second kappa shape index (κ2) is 20.5. The largest absolute Gasteiger partial charge is 0.462 e. The molecule has 1 heterocycles. The molecule has 0 N–H and O–H groups in total. The van der Waals surface area contributed by atoms with E-state index in [0.717, 1.165) is 39.1 Å². The van der Waals surface area contributed by atoms with Gasteiger partial charge in [0, 0.05) is 19.8 Å². The van der Waals surface area contributed by atoms with E-state index in [1.54, 1.807) is 72.8 Å². The molecule has 1 aliphatic rings. The van der Waals surface area contributed by atoms with E-state index in [-0.39, 0.29) is 12.8 Å². The third kappa shape index (κ3) is 13.1. The van der Waals surface area contributed by atoms with E-state index in [4.69, 9.17) is 18.9 Å². The molecule has 266 valence electrons. The number of rotatable bonds is 14. The van der Waals surface area contributed by atoms with Gasteiger partial charge in [0.25, 0.3) is 0 Å². The predicted molar refractivity (Wildman–Crippen MR) is 201 cm³/mol. The van der Waals surface area contributed by atoms with Crippen LogP contribution in [-0.4, -0.2) is 48.3 Å². The smallest absolute Gasteiger partial charge is 0.338 e. The zero-order valence-corrected chi connectivity index (χ0v) is 32.6. The minimum absolute atomic E-state index is 0.0931. The Morgan fingerprint density at radius 1 is 0.640 bits per heavy atom. The zero-order valence-electron chi connectivity index (χ0n) is 27.9. The molecule has 0 unspecified atom stereocenters. The minimum atomic E-state index is -1.10. The maximum absolute atomic E-state index is 13.5. The van der Waals surface area contributed by atoms with E-state index >= 15 is 0 Å². The Kier molecular flexibility index (Phi) is 16.2. The van der Waals surface area contributed by atoms with E-state index in [0.29, 0.717) is 23.1 Å². The van der Waals surface area contributed by atoms with E-state index < -0.39 is 48.3 Å². The fourth-order valence-electron chi connectivity index (χ4n) is 5.44. The number of esters is 4. The summed E-state index contributed by atoms with van der Waals surface area (Å²) in [6.45, 7) is 2.18. The molecular formula is C39H41Br3O8. The summed E-state index contributed by atoms with van der Waals surface area (Å²) in [5.74, 6) is -2.47. The van der Waals surface area contributed by atoms with Crippen molar-refractivity contribution < 1.29 is 38.1 Å². The second-order valence-electron chi connectivity index (χ2n) is 12.1. The van der Waals surface area contributed by atoms with Crippen molar-refractivity contribution in [1.82, 2.24) is 0 Å². The first kappa shape index (κ1) is 39.5. The topological polar surface area (TPSA) is 105 Å². The molecule has 0 saturated carbocycles. The summed E-state index contributed by atoms with van der Waals surface area (Å²) in [6, 6.07) is 20.0. The molecule has 0 aromatic heterocycles. The molecule has 0 saturated heterocycles. The average Bonchev–Trinajstić information content (AvgIpc) is 3.09. The van der Waals surface area contributed by atoms with Gasteiger partial charge in [0.2, 0.25) is 0 Å². The molecule has 3 aromatic rings. The highest BCUT2D eigenvalue weighted by Gasteiger charge is 2.34. The van der Waals surface area contributed by atoms with Crippen molar-refractivity contribution in [2.45, 2.75) is 95.5 Å². The summed E-state index contributed by atoms with van der Waals surface area (Å²) in [4.78, 5) is 53.3. The number of hydrogen-bond acceptors (Lipinski definition) is 8. The molecule has 4 atom stereocenters. The molecule has 8 nitrogen and oxygen atoms in total. The summed E-state index contributed by atoms with van der Waals surface area (Å²) in [7, 11) is 0. The maximum atomic E-state index is 13.5.